The van der Waals surface area contributed by atoms with Crippen molar-refractivity contribution in [3.05, 3.63) is 35.5 Å². The van der Waals surface area contributed by atoms with Gasteiger partial charge in [0.2, 0.25) is 10.0 Å². The topological polar surface area (TPSA) is 84.4 Å². The van der Waals surface area contributed by atoms with Gasteiger partial charge in [-0.05, 0) is 51.0 Å². The van der Waals surface area contributed by atoms with Gasteiger partial charge < -0.3 is 10.1 Å². The zero-order valence-corrected chi connectivity index (χ0v) is 17.4. The molecule has 1 saturated heterocycles. The summed E-state index contributed by atoms with van der Waals surface area (Å²) in [4.78, 5) is 10.9. The molecule has 0 atom stereocenters. The van der Waals surface area contributed by atoms with Crippen LogP contribution in [0.15, 0.2) is 35.5 Å². The van der Waals surface area contributed by atoms with E-state index in [9.17, 15) is 8.42 Å². The molecule has 28 heavy (non-hydrogen) atoms. The van der Waals surface area contributed by atoms with Crippen molar-refractivity contribution in [3.8, 4) is 5.75 Å². The van der Waals surface area contributed by atoms with Gasteiger partial charge in [0.15, 0.2) is 0 Å². The fourth-order valence-electron chi connectivity index (χ4n) is 3.34. The fourth-order valence-corrected chi connectivity index (χ4v) is 5.86. The highest BCUT2D eigenvalue weighted by Crippen LogP contribution is 2.34. The standard InChI is InChI=1S/C19H22N4O3S2/c1-3-26-16-7-6-14(11-17(16)28(24,25)23-8-4-5-9-23)22-18-15-10-13(2)27-19(15)21-12-20-18/h6-7,10-12H,3-5,8-9H2,1-2H3,(H,20,21,22). The Morgan fingerprint density at radius 2 is 2.00 bits per heavy atom. The van der Waals surface area contributed by atoms with Crippen LogP contribution in [-0.4, -0.2) is 42.4 Å². The molecule has 148 valence electrons. The lowest BCUT2D eigenvalue weighted by Crippen LogP contribution is -2.28. The minimum absolute atomic E-state index is 0.188. The van der Waals surface area contributed by atoms with E-state index in [4.69, 9.17) is 4.74 Å². The molecule has 1 fully saturated rings. The number of aryl methyl sites for hydroxylation is 1. The van der Waals surface area contributed by atoms with Crippen molar-refractivity contribution < 1.29 is 13.2 Å². The Kier molecular flexibility index (Phi) is 5.22. The Hall–Kier alpha value is -2.23. The minimum atomic E-state index is -3.61. The van der Waals surface area contributed by atoms with Gasteiger partial charge in [-0.25, -0.2) is 18.4 Å². The maximum absolute atomic E-state index is 13.1. The lowest BCUT2D eigenvalue weighted by Gasteiger charge is -2.19. The highest BCUT2D eigenvalue weighted by molar-refractivity contribution is 7.89. The molecule has 2 aromatic heterocycles. The molecule has 0 bridgehead atoms. The smallest absolute Gasteiger partial charge is 0.246 e. The number of nitrogens with zero attached hydrogens (tertiary/aromatic N) is 3. The first-order valence-corrected chi connectivity index (χ1v) is 11.5. The van der Waals surface area contributed by atoms with Gasteiger partial charge in [0.05, 0.1) is 12.0 Å². The number of sulfonamides is 1. The molecule has 1 aliphatic rings. The highest BCUT2D eigenvalue weighted by atomic mass is 32.2. The molecule has 9 heteroatoms. The zero-order chi connectivity index (χ0) is 19.7. The van der Waals surface area contributed by atoms with Crippen LogP contribution in [0.3, 0.4) is 0 Å². The molecule has 1 aliphatic heterocycles. The number of benzene rings is 1. The third-order valence-electron chi connectivity index (χ3n) is 4.64. The van der Waals surface area contributed by atoms with E-state index < -0.39 is 10.0 Å². The van der Waals surface area contributed by atoms with Crippen LogP contribution in [0.25, 0.3) is 10.2 Å². The lowest BCUT2D eigenvalue weighted by atomic mass is 10.3. The van der Waals surface area contributed by atoms with Gasteiger partial charge in [-0.2, -0.15) is 4.31 Å². The third kappa shape index (κ3) is 3.57. The predicted molar refractivity (Wildman–Crippen MR) is 111 cm³/mol. The minimum Gasteiger partial charge on any atom is -0.492 e. The van der Waals surface area contributed by atoms with Crippen molar-refractivity contribution in [3.63, 3.8) is 0 Å². The molecule has 1 N–H and O–H groups in total. The Morgan fingerprint density at radius 3 is 2.75 bits per heavy atom. The van der Waals surface area contributed by atoms with Crippen molar-refractivity contribution in [2.45, 2.75) is 31.6 Å². The summed E-state index contributed by atoms with van der Waals surface area (Å²) in [6.45, 7) is 5.36. The molecular formula is C19H22N4O3S2. The van der Waals surface area contributed by atoms with Crippen LogP contribution >= 0.6 is 11.3 Å². The largest absolute Gasteiger partial charge is 0.492 e. The van der Waals surface area contributed by atoms with Crippen molar-refractivity contribution in [2.75, 3.05) is 25.0 Å². The molecule has 0 spiro atoms. The number of thiophene rings is 1. The fraction of sp³-hybridized carbons (Fsp3) is 0.368. The Bertz CT molecular complexity index is 1110. The van der Waals surface area contributed by atoms with Crippen molar-refractivity contribution in [1.29, 1.82) is 0 Å². The van der Waals surface area contributed by atoms with Crippen LogP contribution < -0.4 is 10.1 Å². The number of nitrogens with one attached hydrogen (secondary N) is 1. The van der Waals surface area contributed by atoms with Gasteiger partial charge in [-0.1, -0.05) is 0 Å². The average Bonchev–Trinajstić information content (AvgIpc) is 3.33. The van der Waals surface area contributed by atoms with Gasteiger partial charge in [0.1, 0.15) is 27.6 Å². The lowest BCUT2D eigenvalue weighted by molar-refractivity contribution is 0.330. The zero-order valence-electron chi connectivity index (χ0n) is 15.8. The molecule has 0 amide bonds. The summed E-state index contributed by atoms with van der Waals surface area (Å²) < 4.78 is 33.4. The maximum atomic E-state index is 13.1. The van der Waals surface area contributed by atoms with Crippen molar-refractivity contribution in [2.24, 2.45) is 0 Å². The SMILES string of the molecule is CCOc1ccc(Nc2ncnc3sc(C)cc23)cc1S(=O)(=O)N1CCCC1. The van der Waals surface area contributed by atoms with Crippen LogP contribution in [0.5, 0.6) is 5.75 Å². The summed E-state index contributed by atoms with van der Waals surface area (Å²) in [5.74, 6) is 1.03. The summed E-state index contributed by atoms with van der Waals surface area (Å²) in [5, 5.41) is 4.17. The quantitative estimate of drug-likeness (QED) is 0.653. The van der Waals surface area contributed by atoms with E-state index in [1.165, 1.54) is 10.6 Å². The Balaban J connectivity index is 1.74. The van der Waals surface area contributed by atoms with E-state index in [1.54, 1.807) is 29.5 Å². The van der Waals surface area contributed by atoms with Crippen molar-refractivity contribution >= 4 is 43.1 Å². The van der Waals surface area contributed by atoms with E-state index in [0.29, 0.717) is 37.0 Å². The molecular weight excluding hydrogens is 396 g/mol. The van der Waals surface area contributed by atoms with Crippen LogP contribution in [0, 0.1) is 6.92 Å². The number of fused-ring (bicyclic) bond motifs is 1. The summed E-state index contributed by atoms with van der Waals surface area (Å²) >= 11 is 1.60. The van der Waals surface area contributed by atoms with Crippen LogP contribution in [0.1, 0.15) is 24.6 Å². The van der Waals surface area contributed by atoms with E-state index in [-0.39, 0.29) is 4.90 Å². The van der Waals surface area contributed by atoms with Crippen LogP contribution in [-0.2, 0) is 10.0 Å². The molecule has 1 aromatic carbocycles. The molecule has 0 saturated carbocycles. The molecule has 4 rings (SSSR count). The maximum Gasteiger partial charge on any atom is 0.246 e. The van der Waals surface area contributed by atoms with Crippen molar-refractivity contribution in [1.82, 2.24) is 14.3 Å². The predicted octanol–water partition coefficient (Wildman–Crippen LogP) is 3.93. The number of aromatic nitrogens is 2. The first-order chi connectivity index (χ1) is 13.5. The Labute approximate surface area is 168 Å². The molecule has 0 radical (unpaired) electrons. The van der Waals surface area contributed by atoms with Gasteiger partial charge >= 0.3 is 0 Å². The normalized spacial score (nSPS) is 15.2. The molecule has 3 aromatic rings. The van der Waals surface area contributed by atoms with E-state index >= 15 is 0 Å². The van der Waals surface area contributed by atoms with E-state index in [0.717, 1.165) is 27.9 Å². The van der Waals surface area contributed by atoms with Gasteiger partial charge in [-0.15, -0.1) is 11.3 Å². The average molecular weight is 419 g/mol. The van der Waals surface area contributed by atoms with E-state index in [1.807, 2.05) is 19.9 Å². The molecule has 3 heterocycles. The number of rotatable bonds is 6. The Morgan fingerprint density at radius 1 is 1.21 bits per heavy atom. The number of hydrogen-bond donors (Lipinski definition) is 1. The van der Waals surface area contributed by atoms with Gasteiger partial charge in [0.25, 0.3) is 0 Å². The first kappa shape index (κ1) is 19.1. The highest BCUT2D eigenvalue weighted by Gasteiger charge is 2.30. The molecule has 0 aliphatic carbocycles. The number of hydrogen-bond acceptors (Lipinski definition) is 7. The molecule has 7 nitrogen and oxygen atoms in total. The van der Waals surface area contributed by atoms with Crippen LogP contribution in [0.2, 0.25) is 0 Å². The first-order valence-electron chi connectivity index (χ1n) is 9.24. The van der Waals surface area contributed by atoms with Crippen LogP contribution in [0.4, 0.5) is 11.5 Å². The van der Waals surface area contributed by atoms with E-state index in [2.05, 4.69) is 15.3 Å². The second-order valence-electron chi connectivity index (χ2n) is 6.63. The van der Waals surface area contributed by atoms with Gasteiger partial charge in [-0.3, -0.25) is 0 Å². The molecule has 0 unspecified atom stereocenters. The summed E-state index contributed by atoms with van der Waals surface area (Å²) in [5.41, 5.74) is 0.644. The monoisotopic (exact) mass is 418 g/mol. The second kappa shape index (κ2) is 7.65. The summed E-state index contributed by atoms with van der Waals surface area (Å²) in [6, 6.07) is 7.16. The van der Waals surface area contributed by atoms with Gasteiger partial charge in [0, 0.05) is 23.7 Å². The second-order valence-corrected chi connectivity index (χ2v) is 9.77. The summed E-state index contributed by atoms with van der Waals surface area (Å²) in [7, 11) is -3.61. The third-order valence-corrected chi connectivity index (χ3v) is 7.52. The number of ether oxygens (including phenoxy) is 1. The summed E-state index contributed by atoms with van der Waals surface area (Å²) in [6.07, 6.45) is 3.28. The number of anilines is 2.